The zero-order chi connectivity index (χ0) is 33.2. The Morgan fingerprint density at radius 3 is 2.28 bits per heavy atom. The number of benzene rings is 3. The number of carbonyl (C=O) groups excluding carboxylic acids is 4. The van der Waals surface area contributed by atoms with Crippen molar-refractivity contribution < 1.29 is 23.9 Å². The Balaban J connectivity index is 1.30. The second-order valence-electron chi connectivity index (χ2n) is 12.5. The molecule has 4 amide bonds. The van der Waals surface area contributed by atoms with Crippen LogP contribution in [0.5, 0.6) is 5.75 Å². The molecule has 1 fully saturated rings. The highest BCUT2D eigenvalue weighted by atomic mass is 16.5. The molecule has 2 aliphatic rings. The SMILES string of the molecule is C[C@@H]1NC(=O)C[C@@H](C(=O)NCc2ccc(CN3CCCCC3)cc2)NC(=O)c2ccccc2OC[C@H](Cc2ccccc2)N(C)C1=O. The number of rotatable bonds is 7. The summed E-state index contributed by atoms with van der Waals surface area (Å²) in [6.45, 7) is 5.11. The predicted molar refractivity (Wildman–Crippen MR) is 180 cm³/mol. The highest BCUT2D eigenvalue weighted by Crippen LogP contribution is 2.21. The van der Waals surface area contributed by atoms with Crippen LogP contribution in [-0.4, -0.2) is 78.3 Å². The largest absolute Gasteiger partial charge is 0.491 e. The maximum atomic E-state index is 13.6. The summed E-state index contributed by atoms with van der Waals surface area (Å²) in [5.41, 5.74) is 3.38. The molecule has 3 atom stereocenters. The molecule has 3 aromatic carbocycles. The quantitative estimate of drug-likeness (QED) is 0.365. The lowest BCUT2D eigenvalue weighted by atomic mass is 10.0. The summed E-state index contributed by atoms with van der Waals surface area (Å²) < 4.78 is 6.18. The minimum Gasteiger partial charge on any atom is -0.491 e. The lowest BCUT2D eigenvalue weighted by Gasteiger charge is -2.31. The van der Waals surface area contributed by atoms with Gasteiger partial charge in [-0.25, -0.2) is 0 Å². The first-order valence-corrected chi connectivity index (χ1v) is 16.5. The summed E-state index contributed by atoms with van der Waals surface area (Å²) in [6.07, 6.45) is 3.94. The molecule has 2 heterocycles. The van der Waals surface area contributed by atoms with E-state index in [1.807, 2.05) is 42.5 Å². The van der Waals surface area contributed by atoms with Gasteiger partial charge in [-0.3, -0.25) is 24.1 Å². The van der Waals surface area contributed by atoms with E-state index in [4.69, 9.17) is 4.74 Å². The van der Waals surface area contributed by atoms with Crippen molar-refractivity contribution in [2.24, 2.45) is 0 Å². The van der Waals surface area contributed by atoms with Crippen LogP contribution in [0, 0.1) is 0 Å². The highest BCUT2D eigenvalue weighted by molar-refractivity contribution is 6.01. The molecule has 0 bridgehead atoms. The number of carbonyl (C=O) groups is 4. The second kappa shape index (κ2) is 16.2. The van der Waals surface area contributed by atoms with Gasteiger partial charge in [-0.2, -0.15) is 0 Å². The fourth-order valence-electron chi connectivity index (χ4n) is 6.09. The van der Waals surface area contributed by atoms with Crippen molar-refractivity contribution in [1.82, 2.24) is 25.8 Å². The first-order valence-electron chi connectivity index (χ1n) is 16.5. The summed E-state index contributed by atoms with van der Waals surface area (Å²) in [6, 6.07) is 22.2. The van der Waals surface area contributed by atoms with Crippen molar-refractivity contribution >= 4 is 23.6 Å². The number of nitrogens with one attached hydrogen (secondary N) is 3. The fourth-order valence-corrected chi connectivity index (χ4v) is 6.09. The molecule has 3 N–H and O–H groups in total. The Morgan fingerprint density at radius 2 is 1.53 bits per heavy atom. The van der Waals surface area contributed by atoms with E-state index in [2.05, 4.69) is 33.0 Å². The van der Waals surface area contributed by atoms with Gasteiger partial charge in [0.25, 0.3) is 5.91 Å². The monoisotopic (exact) mass is 639 g/mol. The molecule has 0 spiro atoms. The predicted octanol–water partition coefficient (Wildman–Crippen LogP) is 3.44. The molecule has 10 nitrogen and oxygen atoms in total. The smallest absolute Gasteiger partial charge is 0.255 e. The van der Waals surface area contributed by atoms with E-state index in [1.54, 1.807) is 43.1 Å². The minimum atomic E-state index is -1.18. The third-order valence-corrected chi connectivity index (χ3v) is 8.88. The highest BCUT2D eigenvalue weighted by Gasteiger charge is 2.30. The molecule has 0 unspecified atom stereocenters. The van der Waals surface area contributed by atoms with E-state index in [-0.39, 0.29) is 37.1 Å². The number of para-hydroxylation sites is 1. The topological polar surface area (TPSA) is 120 Å². The van der Waals surface area contributed by atoms with Crippen LogP contribution in [0.1, 0.15) is 59.7 Å². The molecule has 1 saturated heterocycles. The molecular weight excluding hydrogens is 594 g/mol. The van der Waals surface area contributed by atoms with Crippen LogP contribution < -0.4 is 20.7 Å². The Hall–Kier alpha value is -4.70. The van der Waals surface area contributed by atoms with Crippen LogP contribution in [0.15, 0.2) is 78.9 Å². The number of amides is 4. The molecule has 2 aliphatic heterocycles. The number of piperidine rings is 1. The van der Waals surface area contributed by atoms with E-state index in [1.165, 1.54) is 24.8 Å². The zero-order valence-electron chi connectivity index (χ0n) is 27.2. The van der Waals surface area contributed by atoms with E-state index < -0.39 is 29.8 Å². The third-order valence-electron chi connectivity index (χ3n) is 8.88. The van der Waals surface area contributed by atoms with Gasteiger partial charge in [0.15, 0.2) is 0 Å². The Labute approximate surface area is 276 Å². The first-order chi connectivity index (χ1) is 22.8. The molecule has 47 heavy (non-hydrogen) atoms. The zero-order valence-corrected chi connectivity index (χ0v) is 27.2. The van der Waals surface area contributed by atoms with Crippen LogP contribution in [0.25, 0.3) is 0 Å². The first kappa shape index (κ1) is 33.7. The lowest BCUT2D eigenvalue weighted by Crippen LogP contribution is -2.53. The van der Waals surface area contributed by atoms with Crippen molar-refractivity contribution in [3.05, 3.63) is 101 Å². The van der Waals surface area contributed by atoms with Gasteiger partial charge in [0, 0.05) is 20.1 Å². The van der Waals surface area contributed by atoms with Crippen molar-refractivity contribution in [1.29, 1.82) is 0 Å². The summed E-state index contributed by atoms with van der Waals surface area (Å²) in [5.74, 6) is -1.53. The molecule has 0 aromatic heterocycles. The van der Waals surface area contributed by atoms with E-state index >= 15 is 0 Å². The third kappa shape index (κ3) is 9.42. The van der Waals surface area contributed by atoms with E-state index in [0.29, 0.717) is 12.2 Å². The molecule has 0 radical (unpaired) electrons. The summed E-state index contributed by atoms with van der Waals surface area (Å²) >= 11 is 0. The van der Waals surface area contributed by atoms with Crippen molar-refractivity contribution in [2.75, 3.05) is 26.7 Å². The average molecular weight is 640 g/mol. The summed E-state index contributed by atoms with van der Waals surface area (Å²) in [7, 11) is 1.68. The number of likely N-dealkylation sites (N-methyl/N-ethyl adjacent to an activating group) is 1. The molecule has 0 aliphatic carbocycles. The molecule has 10 heteroatoms. The van der Waals surface area contributed by atoms with Crippen LogP contribution in [-0.2, 0) is 33.9 Å². The van der Waals surface area contributed by atoms with Gasteiger partial charge in [-0.15, -0.1) is 0 Å². The maximum absolute atomic E-state index is 13.6. The number of ether oxygens (including phenoxy) is 1. The standard InChI is InChI=1S/C37H45N5O5/c1-26-37(46)41(2)30(21-27-11-5-3-6-12-27)25-47-33-14-8-7-13-31(33)35(44)40-32(22-34(43)39-26)36(45)38-23-28-15-17-29(18-16-28)24-42-19-9-4-10-20-42/h3,5-8,11-18,26,30,32H,4,9-10,19-25H2,1-2H3,(H,38,45)(H,39,43)(H,40,44)/t26-,30-,32-/m0/s1. The Bertz CT molecular complexity index is 1520. The van der Waals surface area contributed by atoms with Gasteiger partial charge in [-0.05, 0) is 68.1 Å². The molecule has 5 rings (SSSR count). The fraction of sp³-hybridized carbons (Fsp3) is 0.405. The lowest BCUT2D eigenvalue weighted by molar-refractivity contribution is -0.137. The minimum absolute atomic E-state index is 0.114. The maximum Gasteiger partial charge on any atom is 0.255 e. The van der Waals surface area contributed by atoms with Gasteiger partial charge in [0.1, 0.15) is 24.4 Å². The van der Waals surface area contributed by atoms with Gasteiger partial charge in [0.05, 0.1) is 18.0 Å². The molecule has 3 aromatic rings. The van der Waals surface area contributed by atoms with Gasteiger partial charge < -0.3 is 25.6 Å². The van der Waals surface area contributed by atoms with Crippen molar-refractivity contribution in [2.45, 2.75) is 70.2 Å². The summed E-state index contributed by atoms with van der Waals surface area (Å²) in [4.78, 5) is 57.7. The van der Waals surface area contributed by atoms with E-state index in [9.17, 15) is 19.2 Å². The number of likely N-dealkylation sites (tertiary alicyclic amines) is 1. The van der Waals surface area contributed by atoms with Gasteiger partial charge >= 0.3 is 0 Å². The van der Waals surface area contributed by atoms with Crippen LogP contribution in [0.2, 0.25) is 0 Å². The Kier molecular flexibility index (Phi) is 11.6. The van der Waals surface area contributed by atoms with Crippen LogP contribution in [0.4, 0.5) is 0 Å². The molecule has 248 valence electrons. The summed E-state index contributed by atoms with van der Waals surface area (Å²) in [5, 5.41) is 8.34. The number of nitrogens with zero attached hydrogens (tertiary/aromatic N) is 2. The number of hydrogen-bond acceptors (Lipinski definition) is 6. The van der Waals surface area contributed by atoms with Crippen LogP contribution in [0.3, 0.4) is 0 Å². The van der Waals surface area contributed by atoms with Gasteiger partial charge in [-0.1, -0.05) is 73.2 Å². The second-order valence-corrected chi connectivity index (χ2v) is 12.5. The van der Waals surface area contributed by atoms with Gasteiger partial charge in [0.2, 0.25) is 17.7 Å². The van der Waals surface area contributed by atoms with Crippen molar-refractivity contribution in [3.63, 3.8) is 0 Å². The molecular formula is C37H45N5O5. The van der Waals surface area contributed by atoms with E-state index in [0.717, 1.165) is 30.8 Å². The number of fused-ring (bicyclic) bond motifs is 1. The van der Waals surface area contributed by atoms with Crippen molar-refractivity contribution in [3.8, 4) is 5.75 Å². The Morgan fingerprint density at radius 1 is 0.851 bits per heavy atom. The molecule has 0 saturated carbocycles. The van der Waals surface area contributed by atoms with Crippen LogP contribution >= 0.6 is 0 Å². The normalized spacial score (nSPS) is 21.4. The average Bonchev–Trinajstić information content (AvgIpc) is 3.09. The number of hydrogen-bond donors (Lipinski definition) is 3.